The molecule has 0 saturated heterocycles. The van der Waals surface area contributed by atoms with Crippen LogP contribution in [0.5, 0.6) is 17.2 Å². The fourth-order valence-corrected chi connectivity index (χ4v) is 2.36. The van der Waals surface area contributed by atoms with Crippen molar-refractivity contribution in [2.24, 2.45) is 0 Å². The van der Waals surface area contributed by atoms with E-state index in [0.717, 1.165) is 5.56 Å². The largest absolute Gasteiger partial charge is 0.493 e. The van der Waals surface area contributed by atoms with E-state index in [1.807, 2.05) is 26.0 Å². The molecule has 3 unspecified atom stereocenters. The fraction of sp³-hybridized carbons (Fsp3) is 0.600. The molecular weight excluding hydrogens is 260 g/mol. The zero-order valence-corrected chi connectivity index (χ0v) is 12.4. The van der Waals surface area contributed by atoms with Crippen LogP contribution in [0.25, 0.3) is 0 Å². The summed E-state index contributed by atoms with van der Waals surface area (Å²) in [7, 11) is 3.19. The minimum absolute atomic E-state index is 0.185. The topological polar surface area (TPSA) is 57.2 Å². The van der Waals surface area contributed by atoms with Crippen LogP contribution in [0.3, 0.4) is 0 Å². The molecule has 20 heavy (non-hydrogen) atoms. The Kier molecular flexibility index (Phi) is 4.73. The van der Waals surface area contributed by atoms with Gasteiger partial charge in [-0.2, -0.15) is 0 Å². The molecule has 0 radical (unpaired) electrons. The third-order valence-electron chi connectivity index (χ3n) is 3.45. The van der Waals surface area contributed by atoms with Crippen molar-refractivity contribution in [1.82, 2.24) is 0 Å². The summed E-state index contributed by atoms with van der Waals surface area (Å²) >= 11 is 0. The van der Waals surface area contributed by atoms with Crippen molar-refractivity contribution in [3.05, 3.63) is 17.7 Å². The third kappa shape index (κ3) is 2.83. The van der Waals surface area contributed by atoms with E-state index >= 15 is 0 Å². The Labute approximate surface area is 119 Å². The molecule has 1 aliphatic rings. The van der Waals surface area contributed by atoms with Crippen molar-refractivity contribution in [2.75, 3.05) is 20.8 Å². The number of aliphatic hydroxyl groups excluding tert-OH is 1. The van der Waals surface area contributed by atoms with E-state index in [9.17, 15) is 5.11 Å². The lowest BCUT2D eigenvalue weighted by atomic mass is 9.88. The second-order valence-electron chi connectivity index (χ2n) is 4.88. The van der Waals surface area contributed by atoms with Gasteiger partial charge in [-0.3, -0.25) is 0 Å². The molecular formula is C15H22O5. The average molecular weight is 282 g/mol. The van der Waals surface area contributed by atoms with Gasteiger partial charge < -0.3 is 24.1 Å². The second kappa shape index (κ2) is 6.33. The van der Waals surface area contributed by atoms with Gasteiger partial charge in [-0.1, -0.05) is 0 Å². The van der Waals surface area contributed by atoms with E-state index in [0.29, 0.717) is 30.3 Å². The van der Waals surface area contributed by atoms with Crippen LogP contribution in [0, 0.1) is 6.92 Å². The van der Waals surface area contributed by atoms with Gasteiger partial charge in [0.15, 0.2) is 11.5 Å². The lowest BCUT2D eigenvalue weighted by Gasteiger charge is -2.40. The number of rotatable bonds is 6. The standard InChI is InChI=1S/C15H22O5/c1-5-19-14-10(16)8-13(14)20-15-11(17-3)6-9(2)7-12(15)18-4/h6-7,10,13-14,16H,5,8H2,1-4H3. The molecule has 0 spiro atoms. The van der Waals surface area contributed by atoms with Gasteiger partial charge in [0.05, 0.1) is 20.3 Å². The van der Waals surface area contributed by atoms with Crippen LogP contribution in [-0.2, 0) is 4.74 Å². The molecule has 1 aromatic rings. The van der Waals surface area contributed by atoms with Crippen molar-refractivity contribution in [1.29, 1.82) is 0 Å². The minimum atomic E-state index is -0.470. The highest BCUT2D eigenvalue weighted by Gasteiger charge is 2.43. The van der Waals surface area contributed by atoms with Gasteiger partial charge in [-0.25, -0.2) is 0 Å². The molecule has 2 rings (SSSR count). The maximum Gasteiger partial charge on any atom is 0.203 e. The Bertz CT molecular complexity index is 435. The summed E-state index contributed by atoms with van der Waals surface area (Å²) in [5.41, 5.74) is 1.03. The van der Waals surface area contributed by atoms with Crippen molar-refractivity contribution in [2.45, 2.75) is 38.6 Å². The Morgan fingerprint density at radius 2 is 1.80 bits per heavy atom. The number of aliphatic hydroxyl groups is 1. The molecule has 0 aromatic heterocycles. The second-order valence-corrected chi connectivity index (χ2v) is 4.88. The predicted octanol–water partition coefficient (Wildman–Crippen LogP) is 1.93. The molecule has 5 heteroatoms. The molecule has 1 N–H and O–H groups in total. The SMILES string of the molecule is CCOC1C(O)CC1Oc1c(OC)cc(C)cc1OC. The first-order valence-corrected chi connectivity index (χ1v) is 6.79. The number of ether oxygens (including phenoxy) is 4. The van der Waals surface area contributed by atoms with Gasteiger partial charge in [0.1, 0.15) is 12.2 Å². The van der Waals surface area contributed by atoms with Crippen LogP contribution in [0.2, 0.25) is 0 Å². The van der Waals surface area contributed by atoms with Crippen LogP contribution in [0.1, 0.15) is 18.9 Å². The number of benzene rings is 1. The summed E-state index contributed by atoms with van der Waals surface area (Å²) in [6, 6.07) is 3.78. The third-order valence-corrected chi connectivity index (χ3v) is 3.45. The summed E-state index contributed by atoms with van der Waals surface area (Å²) in [5.74, 6) is 1.80. The Morgan fingerprint density at radius 3 is 2.25 bits per heavy atom. The quantitative estimate of drug-likeness (QED) is 0.864. The van der Waals surface area contributed by atoms with Gasteiger partial charge in [-0.15, -0.1) is 0 Å². The minimum Gasteiger partial charge on any atom is -0.493 e. The van der Waals surface area contributed by atoms with E-state index in [-0.39, 0.29) is 12.2 Å². The van der Waals surface area contributed by atoms with Crippen LogP contribution in [0.15, 0.2) is 12.1 Å². The van der Waals surface area contributed by atoms with Crippen molar-refractivity contribution < 1.29 is 24.1 Å². The molecule has 0 heterocycles. The van der Waals surface area contributed by atoms with Gasteiger partial charge in [0.2, 0.25) is 5.75 Å². The van der Waals surface area contributed by atoms with E-state index in [4.69, 9.17) is 18.9 Å². The Balaban J connectivity index is 2.20. The first-order chi connectivity index (χ1) is 9.60. The molecule has 1 saturated carbocycles. The fourth-order valence-electron chi connectivity index (χ4n) is 2.36. The van der Waals surface area contributed by atoms with Gasteiger partial charge >= 0.3 is 0 Å². The van der Waals surface area contributed by atoms with Gasteiger partial charge in [-0.05, 0) is 31.5 Å². The summed E-state index contributed by atoms with van der Waals surface area (Å²) < 4.78 is 22.1. The number of hydrogen-bond donors (Lipinski definition) is 1. The average Bonchev–Trinajstić information content (AvgIpc) is 2.45. The van der Waals surface area contributed by atoms with E-state index < -0.39 is 6.10 Å². The van der Waals surface area contributed by atoms with E-state index in [1.165, 1.54) is 0 Å². The highest BCUT2D eigenvalue weighted by molar-refractivity contribution is 5.53. The highest BCUT2D eigenvalue weighted by Crippen LogP contribution is 2.41. The smallest absolute Gasteiger partial charge is 0.203 e. The molecule has 0 bridgehead atoms. The molecule has 3 atom stereocenters. The number of methoxy groups -OCH3 is 2. The molecule has 112 valence electrons. The van der Waals surface area contributed by atoms with Crippen molar-refractivity contribution in [3.63, 3.8) is 0 Å². The molecule has 0 aliphatic heterocycles. The number of hydrogen-bond acceptors (Lipinski definition) is 5. The van der Waals surface area contributed by atoms with E-state index in [2.05, 4.69) is 0 Å². The Hall–Kier alpha value is -1.46. The zero-order chi connectivity index (χ0) is 14.7. The molecule has 1 fully saturated rings. The van der Waals surface area contributed by atoms with Crippen molar-refractivity contribution >= 4 is 0 Å². The first kappa shape index (κ1) is 14.9. The zero-order valence-electron chi connectivity index (χ0n) is 12.4. The van der Waals surface area contributed by atoms with Crippen LogP contribution < -0.4 is 14.2 Å². The normalized spacial score (nSPS) is 24.9. The molecule has 5 nitrogen and oxygen atoms in total. The molecule has 1 aromatic carbocycles. The summed E-state index contributed by atoms with van der Waals surface area (Å²) in [6.07, 6.45) is -0.404. The highest BCUT2D eigenvalue weighted by atomic mass is 16.6. The Morgan fingerprint density at radius 1 is 1.20 bits per heavy atom. The lowest BCUT2D eigenvalue weighted by molar-refractivity contribution is -0.160. The monoisotopic (exact) mass is 282 g/mol. The van der Waals surface area contributed by atoms with Crippen molar-refractivity contribution in [3.8, 4) is 17.2 Å². The lowest BCUT2D eigenvalue weighted by Crippen LogP contribution is -2.55. The first-order valence-electron chi connectivity index (χ1n) is 6.79. The molecule has 1 aliphatic carbocycles. The van der Waals surface area contributed by atoms with Gasteiger partial charge in [0.25, 0.3) is 0 Å². The summed E-state index contributed by atoms with van der Waals surface area (Å²) in [5, 5.41) is 9.72. The van der Waals surface area contributed by atoms with Crippen LogP contribution in [0.4, 0.5) is 0 Å². The van der Waals surface area contributed by atoms with Crippen LogP contribution in [-0.4, -0.2) is 44.2 Å². The summed E-state index contributed by atoms with van der Waals surface area (Å²) in [6.45, 7) is 4.41. The number of aryl methyl sites for hydroxylation is 1. The van der Waals surface area contributed by atoms with Gasteiger partial charge in [0, 0.05) is 13.0 Å². The maximum absolute atomic E-state index is 9.72. The molecule has 0 amide bonds. The van der Waals surface area contributed by atoms with Crippen LogP contribution >= 0.6 is 0 Å². The van der Waals surface area contributed by atoms with E-state index in [1.54, 1.807) is 14.2 Å². The summed E-state index contributed by atoms with van der Waals surface area (Å²) in [4.78, 5) is 0. The maximum atomic E-state index is 9.72. The predicted molar refractivity (Wildman–Crippen MR) is 74.7 cm³/mol.